The van der Waals surface area contributed by atoms with Gasteiger partial charge in [-0.05, 0) is 43.2 Å². The van der Waals surface area contributed by atoms with Crippen molar-refractivity contribution in [2.45, 2.75) is 31.7 Å². The lowest BCUT2D eigenvalue weighted by atomic mass is 10.1. The molecule has 0 radical (unpaired) electrons. The molecule has 1 amide bonds. The second-order valence-corrected chi connectivity index (χ2v) is 5.45. The first-order chi connectivity index (χ1) is 10.6. The van der Waals surface area contributed by atoms with Crippen molar-refractivity contribution < 1.29 is 9.18 Å². The van der Waals surface area contributed by atoms with Crippen LogP contribution in [0, 0.1) is 5.82 Å². The highest BCUT2D eigenvalue weighted by Gasteiger charge is 2.19. The van der Waals surface area contributed by atoms with Gasteiger partial charge in [-0.1, -0.05) is 12.8 Å². The molecule has 114 valence electrons. The Balaban J connectivity index is 1.87. The van der Waals surface area contributed by atoms with E-state index in [1.165, 1.54) is 30.3 Å². The first-order valence-corrected chi connectivity index (χ1v) is 7.30. The topological polar surface area (TPSA) is 74.8 Å². The minimum Gasteiger partial charge on any atom is -0.348 e. The summed E-state index contributed by atoms with van der Waals surface area (Å²) in [5.41, 5.74) is 0.507. The van der Waals surface area contributed by atoms with Gasteiger partial charge in [-0.3, -0.25) is 4.79 Å². The number of amides is 1. The Morgan fingerprint density at radius 1 is 1.23 bits per heavy atom. The SMILES string of the molecule is O=C(NC1CCCC1)c1cc(-c2ccc(F)cc2)nc(=O)[nH]1. The Labute approximate surface area is 126 Å². The molecule has 2 aromatic rings. The number of hydrogen-bond donors (Lipinski definition) is 2. The van der Waals surface area contributed by atoms with E-state index < -0.39 is 5.69 Å². The fraction of sp³-hybridized carbons (Fsp3) is 0.312. The summed E-state index contributed by atoms with van der Waals surface area (Å²) < 4.78 is 13.0. The third-order valence-electron chi connectivity index (χ3n) is 3.82. The molecule has 1 aromatic heterocycles. The number of nitrogens with one attached hydrogen (secondary N) is 2. The van der Waals surface area contributed by atoms with Crippen molar-refractivity contribution >= 4 is 5.91 Å². The lowest BCUT2D eigenvalue weighted by Crippen LogP contribution is -2.34. The first kappa shape index (κ1) is 14.4. The highest BCUT2D eigenvalue weighted by molar-refractivity contribution is 5.93. The van der Waals surface area contributed by atoms with E-state index in [-0.39, 0.29) is 23.5 Å². The normalized spacial score (nSPS) is 15.0. The molecule has 1 heterocycles. The van der Waals surface area contributed by atoms with Gasteiger partial charge >= 0.3 is 5.69 Å². The monoisotopic (exact) mass is 301 g/mol. The summed E-state index contributed by atoms with van der Waals surface area (Å²) in [5.74, 6) is -0.678. The summed E-state index contributed by atoms with van der Waals surface area (Å²) in [6, 6.07) is 7.30. The van der Waals surface area contributed by atoms with Gasteiger partial charge in [-0.15, -0.1) is 0 Å². The van der Waals surface area contributed by atoms with Gasteiger partial charge in [0, 0.05) is 11.6 Å². The molecule has 1 aliphatic carbocycles. The second kappa shape index (κ2) is 6.09. The van der Waals surface area contributed by atoms with E-state index >= 15 is 0 Å². The summed E-state index contributed by atoms with van der Waals surface area (Å²) in [6.07, 6.45) is 4.15. The van der Waals surface area contributed by atoms with Crippen molar-refractivity contribution in [3.8, 4) is 11.3 Å². The molecule has 0 spiro atoms. The Bertz CT molecular complexity index is 734. The predicted molar refractivity (Wildman–Crippen MR) is 80.0 cm³/mol. The van der Waals surface area contributed by atoms with Crippen molar-refractivity contribution in [3.63, 3.8) is 0 Å². The average Bonchev–Trinajstić information content (AvgIpc) is 3.00. The number of carbonyl (C=O) groups is 1. The summed E-state index contributed by atoms with van der Waals surface area (Å²) >= 11 is 0. The fourth-order valence-corrected chi connectivity index (χ4v) is 2.68. The van der Waals surface area contributed by atoms with Crippen LogP contribution < -0.4 is 11.0 Å². The van der Waals surface area contributed by atoms with E-state index in [0.29, 0.717) is 11.3 Å². The zero-order chi connectivity index (χ0) is 15.5. The van der Waals surface area contributed by atoms with E-state index in [1.807, 2.05) is 0 Å². The molecule has 6 heteroatoms. The van der Waals surface area contributed by atoms with Crippen LogP contribution in [0.3, 0.4) is 0 Å². The maximum atomic E-state index is 13.0. The highest BCUT2D eigenvalue weighted by Crippen LogP contribution is 2.19. The number of hydrogen-bond acceptors (Lipinski definition) is 3. The average molecular weight is 301 g/mol. The van der Waals surface area contributed by atoms with Crippen LogP contribution in [0.5, 0.6) is 0 Å². The van der Waals surface area contributed by atoms with Crippen molar-refractivity contribution in [1.29, 1.82) is 0 Å². The van der Waals surface area contributed by atoms with E-state index in [2.05, 4.69) is 15.3 Å². The molecule has 1 aromatic carbocycles. The largest absolute Gasteiger partial charge is 0.348 e. The van der Waals surface area contributed by atoms with Gasteiger partial charge in [0.05, 0.1) is 5.69 Å². The highest BCUT2D eigenvalue weighted by atomic mass is 19.1. The number of nitrogens with zero attached hydrogens (tertiary/aromatic N) is 1. The minimum absolute atomic E-state index is 0.165. The van der Waals surface area contributed by atoms with Gasteiger partial charge in [0.15, 0.2) is 0 Å². The Morgan fingerprint density at radius 3 is 2.59 bits per heavy atom. The quantitative estimate of drug-likeness (QED) is 0.913. The van der Waals surface area contributed by atoms with Crippen LogP contribution in [-0.2, 0) is 0 Å². The molecule has 22 heavy (non-hydrogen) atoms. The molecule has 0 unspecified atom stereocenters. The van der Waals surface area contributed by atoms with E-state index in [0.717, 1.165) is 25.7 Å². The van der Waals surface area contributed by atoms with Gasteiger partial charge in [-0.25, -0.2) is 9.18 Å². The molecule has 2 N–H and O–H groups in total. The van der Waals surface area contributed by atoms with E-state index in [4.69, 9.17) is 0 Å². The number of halogens is 1. The van der Waals surface area contributed by atoms with Crippen LogP contribution >= 0.6 is 0 Å². The zero-order valence-corrected chi connectivity index (χ0v) is 11.9. The third-order valence-corrected chi connectivity index (χ3v) is 3.82. The molecule has 0 aliphatic heterocycles. The molecular weight excluding hydrogens is 285 g/mol. The lowest BCUT2D eigenvalue weighted by Gasteiger charge is -2.12. The lowest BCUT2D eigenvalue weighted by molar-refractivity contribution is 0.0932. The molecule has 0 atom stereocenters. The predicted octanol–water partition coefficient (Wildman–Crippen LogP) is 2.25. The Kier molecular flexibility index (Phi) is 4.00. The first-order valence-electron chi connectivity index (χ1n) is 7.30. The summed E-state index contributed by atoms with van der Waals surface area (Å²) in [5, 5.41) is 2.91. The molecule has 0 saturated heterocycles. The van der Waals surface area contributed by atoms with Gasteiger partial charge in [0.25, 0.3) is 5.91 Å². The van der Waals surface area contributed by atoms with Gasteiger partial charge in [0.1, 0.15) is 11.5 Å². The van der Waals surface area contributed by atoms with Crippen LogP contribution in [0.4, 0.5) is 4.39 Å². The molecule has 0 bridgehead atoms. The maximum absolute atomic E-state index is 13.0. The summed E-state index contributed by atoms with van der Waals surface area (Å²) in [4.78, 5) is 30.2. The van der Waals surface area contributed by atoms with Crippen molar-refractivity contribution in [2.24, 2.45) is 0 Å². The Hall–Kier alpha value is -2.50. The number of benzene rings is 1. The van der Waals surface area contributed by atoms with Crippen LogP contribution in [0.15, 0.2) is 35.1 Å². The molecule has 1 aliphatic rings. The van der Waals surface area contributed by atoms with Gasteiger partial charge in [-0.2, -0.15) is 4.98 Å². The molecule has 5 nitrogen and oxygen atoms in total. The molecule has 1 fully saturated rings. The van der Waals surface area contributed by atoms with Gasteiger partial charge in [0.2, 0.25) is 0 Å². The number of aromatic nitrogens is 2. The standard InChI is InChI=1S/C16H16FN3O2/c17-11-7-5-10(6-8-11)13-9-14(20-16(22)19-13)15(21)18-12-3-1-2-4-12/h5-9,12H,1-4H2,(H,18,21)(H,19,20,22). The second-order valence-electron chi connectivity index (χ2n) is 5.45. The van der Waals surface area contributed by atoms with Crippen LogP contribution in [0.25, 0.3) is 11.3 Å². The van der Waals surface area contributed by atoms with Crippen LogP contribution in [0.2, 0.25) is 0 Å². The summed E-state index contributed by atoms with van der Waals surface area (Å²) in [6.45, 7) is 0. The number of H-pyrrole nitrogens is 1. The number of rotatable bonds is 3. The van der Waals surface area contributed by atoms with Crippen LogP contribution in [-0.4, -0.2) is 21.9 Å². The van der Waals surface area contributed by atoms with E-state index in [9.17, 15) is 14.0 Å². The minimum atomic E-state index is -0.599. The van der Waals surface area contributed by atoms with Crippen LogP contribution in [0.1, 0.15) is 36.2 Å². The Morgan fingerprint density at radius 2 is 1.91 bits per heavy atom. The third kappa shape index (κ3) is 3.21. The number of aromatic amines is 1. The fourth-order valence-electron chi connectivity index (χ4n) is 2.68. The summed E-state index contributed by atoms with van der Waals surface area (Å²) in [7, 11) is 0. The molecule has 3 rings (SSSR count). The molecular formula is C16H16FN3O2. The smallest absolute Gasteiger partial charge is 0.346 e. The molecule has 1 saturated carbocycles. The van der Waals surface area contributed by atoms with Crippen molar-refractivity contribution in [2.75, 3.05) is 0 Å². The van der Waals surface area contributed by atoms with Crippen molar-refractivity contribution in [1.82, 2.24) is 15.3 Å². The van der Waals surface area contributed by atoms with E-state index in [1.54, 1.807) is 0 Å². The van der Waals surface area contributed by atoms with Crippen molar-refractivity contribution in [3.05, 3.63) is 52.3 Å². The zero-order valence-electron chi connectivity index (χ0n) is 11.9. The van der Waals surface area contributed by atoms with Gasteiger partial charge < -0.3 is 10.3 Å². The maximum Gasteiger partial charge on any atom is 0.346 e. The number of carbonyl (C=O) groups excluding carboxylic acids is 1.